The van der Waals surface area contributed by atoms with Gasteiger partial charge in [-0.15, -0.1) is 0 Å². The molecule has 100 valence electrons. The minimum atomic E-state index is 0.604. The van der Waals surface area contributed by atoms with Crippen molar-refractivity contribution in [2.75, 3.05) is 18.5 Å². The lowest BCUT2D eigenvalue weighted by atomic mass is 10.3. The van der Waals surface area contributed by atoms with Gasteiger partial charge < -0.3 is 10.1 Å². The summed E-state index contributed by atoms with van der Waals surface area (Å²) >= 11 is 10.3. The first-order valence-corrected chi connectivity index (χ1v) is 8.10. The maximum absolute atomic E-state index is 5.70. The molecule has 0 spiro atoms. The Kier molecular flexibility index (Phi) is 5.73. The first kappa shape index (κ1) is 14.9. The Bertz CT molecular complexity index is 560. The lowest BCUT2D eigenvalue weighted by Gasteiger charge is -2.10. The zero-order valence-electron chi connectivity index (χ0n) is 10.00. The van der Waals surface area contributed by atoms with Gasteiger partial charge in [0.2, 0.25) is 0 Å². The molecular formula is C14H12Br3NO. The predicted octanol–water partition coefficient (Wildman–Crippen LogP) is 5.47. The molecule has 0 aromatic heterocycles. The minimum absolute atomic E-state index is 0.604. The van der Waals surface area contributed by atoms with Gasteiger partial charge in [-0.2, -0.15) is 0 Å². The lowest BCUT2D eigenvalue weighted by molar-refractivity contribution is 0.331. The maximum Gasteiger partial charge on any atom is 0.133 e. The molecule has 0 unspecified atom stereocenters. The normalized spacial score (nSPS) is 10.3. The molecule has 2 aromatic carbocycles. The lowest BCUT2D eigenvalue weighted by Crippen LogP contribution is -2.11. The summed E-state index contributed by atoms with van der Waals surface area (Å²) in [5, 5.41) is 3.31. The number of nitrogens with one attached hydrogen (secondary N) is 1. The van der Waals surface area contributed by atoms with E-state index in [4.69, 9.17) is 4.74 Å². The van der Waals surface area contributed by atoms with Gasteiger partial charge in [-0.3, -0.25) is 0 Å². The largest absolute Gasteiger partial charge is 0.491 e. The van der Waals surface area contributed by atoms with Crippen LogP contribution in [0.2, 0.25) is 0 Å². The highest BCUT2D eigenvalue weighted by atomic mass is 79.9. The summed E-state index contributed by atoms with van der Waals surface area (Å²) in [4.78, 5) is 0. The van der Waals surface area contributed by atoms with Crippen LogP contribution in [0.3, 0.4) is 0 Å². The van der Waals surface area contributed by atoms with Gasteiger partial charge in [-0.05, 0) is 52.3 Å². The summed E-state index contributed by atoms with van der Waals surface area (Å²) in [6.45, 7) is 1.35. The molecular weight excluding hydrogens is 438 g/mol. The topological polar surface area (TPSA) is 21.3 Å². The van der Waals surface area contributed by atoms with Gasteiger partial charge in [0, 0.05) is 21.2 Å². The minimum Gasteiger partial charge on any atom is -0.491 e. The Hall–Kier alpha value is -0.520. The number of hydrogen-bond donors (Lipinski definition) is 1. The van der Waals surface area contributed by atoms with Crippen LogP contribution in [0.25, 0.3) is 0 Å². The summed E-state index contributed by atoms with van der Waals surface area (Å²) in [6, 6.07) is 13.9. The second kappa shape index (κ2) is 7.31. The fraction of sp³-hybridized carbons (Fsp3) is 0.143. The number of benzene rings is 2. The molecule has 0 amide bonds. The zero-order chi connectivity index (χ0) is 13.7. The molecule has 2 rings (SSSR count). The number of halogens is 3. The van der Waals surface area contributed by atoms with Gasteiger partial charge in [-0.25, -0.2) is 0 Å². The van der Waals surface area contributed by atoms with Crippen molar-refractivity contribution in [1.29, 1.82) is 0 Å². The smallest absolute Gasteiger partial charge is 0.133 e. The zero-order valence-corrected chi connectivity index (χ0v) is 14.8. The quantitative estimate of drug-likeness (QED) is 0.611. The van der Waals surface area contributed by atoms with Crippen molar-refractivity contribution in [3.05, 3.63) is 55.9 Å². The Labute approximate surface area is 137 Å². The van der Waals surface area contributed by atoms with Crippen LogP contribution in [0.15, 0.2) is 55.9 Å². The van der Waals surface area contributed by atoms with Crippen molar-refractivity contribution in [3.8, 4) is 5.75 Å². The van der Waals surface area contributed by atoms with Gasteiger partial charge in [0.25, 0.3) is 0 Å². The van der Waals surface area contributed by atoms with Crippen LogP contribution in [-0.4, -0.2) is 13.2 Å². The molecule has 0 radical (unpaired) electrons. The van der Waals surface area contributed by atoms with Crippen molar-refractivity contribution in [2.45, 2.75) is 0 Å². The Morgan fingerprint density at radius 1 is 0.947 bits per heavy atom. The number of ether oxygens (including phenoxy) is 1. The van der Waals surface area contributed by atoms with Crippen LogP contribution >= 0.6 is 47.8 Å². The third-order valence-electron chi connectivity index (χ3n) is 2.41. The summed E-state index contributed by atoms with van der Waals surface area (Å²) in [5.74, 6) is 0.847. The average molecular weight is 450 g/mol. The fourth-order valence-electron chi connectivity index (χ4n) is 1.55. The van der Waals surface area contributed by atoms with Crippen molar-refractivity contribution in [3.63, 3.8) is 0 Å². The van der Waals surface area contributed by atoms with E-state index in [1.807, 2.05) is 42.5 Å². The van der Waals surface area contributed by atoms with Gasteiger partial charge in [0.1, 0.15) is 12.4 Å². The molecule has 0 atom stereocenters. The second-order valence-electron chi connectivity index (χ2n) is 3.86. The van der Waals surface area contributed by atoms with E-state index in [0.717, 1.165) is 31.4 Å². The van der Waals surface area contributed by atoms with E-state index in [-0.39, 0.29) is 0 Å². The highest BCUT2D eigenvalue weighted by Crippen LogP contribution is 2.28. The van der Waals surface area contributed by atoms with Crippen molar-refractivity contribution < 1.29 is 4.74 Å². The second-order valence-corrected chi connectivity index (χ2v) is 6.55. The molecule has 0 aliphatic heterocycles. The molecule has 1 N–H and O–H groups in total. The molecule has 0 saturated heterocycles. The summed E-state index contributed by atoms with van der Waals surface area (Å²) < 4.78 is 8.74. The van der Waals surface area contributed by atoms with Crippen molar-refractivity contribution in [2.24, 2.45) is 0 Å². The van der Waals surface area contributed by atoms with Gasteiger partial charge in [0.15, 0.2) is 0 Å². The number of rotatable bonds is 5. The van der Waals surface area contributed by atoms with E-state index in [2.05, 4.69) is 53.1 Å². The first-order chi connectivity index (χ1) is 9.15. The summed E-state index contributed by atoms with van der Waals surface area (Å²) in [5.41, 5.74) is 1.08. The molecule has 0 heterocycles. The van der Waals surface area contributed by atoms with Crippen LogP contribution in [0.1, 0.15) is 0 Å². The summed E-state index contributed by atoms with van der Waals surface area (Å²) in [6.07, 6.45) is 0. The Morgan fingerprint density at radius 2 is 1.74 bits per heavy atom. The molecule has 0 aliphatic rings. The third-order valence-corrected chi connectivity index (χ3v) is 4.01. The van der Waals surface area contributed by atoms with Crippen LogP contribution in [0, 0.1) is 0 Å². The van der Waals surface area contributed by atoms with Crippen LogP contribution in [0.5, 0.6) is 5.75 Å². The van der Waals surface area contributed by atoms with Crippen molar-refractivity contribution in [1.82, 2.24) is 0 Å². The summed E-state index contributed by atoms with van der Waals surface area (Å²) in [7, 11) is 0. The van der Waals surface area contributed by atoms with E-state index >= 15 is 0 Å². The average Bonchev–Trinajstić information content (AvgIpc) is 2.37. The van der Waals surface area contributed by atoms with Gasteiger partial charge >= 0.3 is 0 Å². The van der Waals surface area contributed by atoms with E-state index in [0.29, 0.717) is 6.61 Å². The molecule has 0 saturated carbocycles. The molecule has 2 aromatic rings. The fourth-order valence-corrected chi connectivity index (χ4v) is 3.11. The van der Waals surface area contributed by atoms with Crippen molar-refractivity contribution >= 4 is 53.5 Å². The highest BCUT2D eigenvalue weighted by molar-refractivity contribution is 9.11. The molecule has 2 nitrogen and oxygen atoms in total. The van der Waals surface area contributed by atoms with Crippen LogP contribution < -0.4 is 10.1 Å². The van der Waals surface area contributed by atoms with E-state index in [1.54, 1.807) is 0 Å². The molecule has 5 heteroatoms. The molecule has 0 bridgehead atoms. The third kappa shape index (κ3) is 4.82. The van der Waals surface area contributed by atoms with Crippen LogP contribution in [0.4, 0.5) is 5.69 Å². The van der Waals surface area contributed by atoms with E-state index in [9.17, 15) is 0 Å². The van der Waals surface area contributed by atoms with Crippen LogP contribution in [-0.2, 0) is 0 Å². The Morgan fingerprint density at radius 3 is 2.47 bits per heavy atom. The number of hydrogen-bond acceptors (Lipinski definition) is 2. The van der Waals surface area contributed by atoms with Gasteiger partial charge in [0.05, 0.1) is 4.47 Å². The number of anilines is 1. The Balaban J connectivity index is 1.81. The highest BCUT2D eigenvalue weighted by Gasteiger charge is 2.01. The molecule has 19 heavy (non-hydrogen) atoms. The SMILES string of the molecule is Brc1cccc(NCCOc2ccc(Br)cc2Br)c1. The van der Waals surface area contributed by atoms with E-state index < -0.39 is 0 Å². The predicted molar refractivity (Wildman–Crippen MR) is 90.0 cm³/mol. The molecule has 0 fully saturated rings. The molecule has 0 aliphatic carbocycles. The first-order valence-electron chi connectivity index (χ1n) is 5.72. The van der Waals surface area contributed by atoms with Gasteiger partial charge in [-0.1, -0.05) is 37.9 Å². The monoisotopic (exact) mass is 447 g/mol. The standard InChI is InChI=1S/C14H12Br3NO/c15-10-2-1-3-12(8-10)18-6-7-19-14-5-4-11(16)9-13(14)17/h1-5,8-9,18H,6-7H2. The van der Waals surface area contributed by atoms with E-state index in [1.165, 1.54) is 0 Å². The maximum atomic E-state index is 5.70.